The number of rotatable bonds is 8. The standard InChI is InChI=1S/C14H24N2O3S/c1-4-9-20(17,18)14-8-6-5-7-13(14)16(2)10-12(15)11-19-3/h5-8,12H,4,9-11,15H2,1-3H3. The maximum absolute atomic E-state index is 12.3. The molecule has 0 amide bonds. The van der Waals surface area contributed by atoms with E-state index in [1.54, 1.807) is 19.2 Å². The van der Waals surface area contributed by atoms with E-state index >= 15 is 0 Å². The normalized spacial score (nSPS) is 13.2. The van der Waals surface area contributed by atoms with Gasteiger partial charge in [0, 0.05) is 26.7 Å². The van der Waals surface area contributed by atoms with Gasteiger partial charge >= 0.3 is 0 Å². The van der Waals surface area contributed by atoms with Crippen molar-refractivity contribution >= 4 is 15.5 Å². The third-order valence-electron chi connectivity index (χ3n) is 2.97. The molecular formula is C14H24N2O3S. The van der Waals surface area contributed by atoms with Crippen molar-refractivity contribution in [1.82, 2.24) is 0 Å². The highest BCUT2D eigenvalue weighted by Gasteiger charge is 2.20. The van der Waals surface area contributed by atoms with Crippen LogP contribution in [0.3, 0.4) is 0 Å². The van der Waals surface area contributed by atoms with Crippen LogP contribution in [0.1, 0.15) is 13.3 Å². The smallest absolute Gasteiger partial charge is 0.180 e. The quantitative estimate of drug-likeness (QED) is 0.783. The Balaban J connectivity index is 3.01. The summed E-state index contributed by atoms with van der Waals surface area (Å²) in [6.45, 7) is 2.83. The van der Waals surface area contributed by atoms with E-state index in [1.807, 2.05) is 31.0 Å². The molecule has 0 aliphatic heterocycles. The van der Waals surface area contributed by atoms with Crippen molar-refractivity contribution in [3.05, 3.63) is 24.3 Å². The Morgan fingerprint density at radius 2 is 2.00 bits per heavy atom. The number of ether oxygens (including phenoxy) is 1. The van der Waals surface area contributed by atoms with Crippen LogP contribution in [0, 0.1) is 0 Å². The number of benzene rings is 1. The first-order valence-corrected chi connectivity index (χ1v) is 8.35. The van der Waals surface area contributed by atoms with Crippen LogP contribution in [0.2, 0.25) is 0 Å². The summed E-state index contributed by atoms with van der Waals surface area (Å²) in [7, 11) is 0.192. The lowest BCUT2D eigenvalue weighted by Gasteiger charge is -2.25. The highest BCUT2D eigenvalue weighted by atomic mass is 32.2. The van der Waals surface area contributed by atoms with Gasteiger partial charge in [-0.1, -0.05) is 19.1 Å². The molecule has 0 fully saturated rings. The Hall–Kier alpha value is -1.11. The first kappa shape index (κ1) is 16.9. The average molecular weight is 300 g/mol. The number of nitrogens with two attached hydrogens (primary N) is 1. The summed E-state index contributed by atoms with van der Waals surface area (Å²) in [5.41, 5.74) is 6.61. The molecule has 5 nitrogen and oxygen atoms in total. The third-order valence-corrected chi connectivity index (χ3v) is 4.93. The highest BCUT2D eigenvalue weighted by molar-refractivity contribution is 7.91. The maximum atomic E-state index is 12.3. The molecule has 1 unspecified atom stereocenters. The predicted molar refractivity (Wildman–Crippen MR) is 81.9 cm³/mol. The minimum Gasteiger partial charge on any atom is -0.383 e. The largest absolute Gasteiger partial charge is 0.383 e. The van der Waals surface area contributed by atoms with Gasteiger partial charge in [0.05, 0.1) is 22.9 Å². The second kappa shape index (κ2) is 7.61. The van der Waals surface area contributed by atoms with E-state index in [1.165, 1.54) is 0 Å². The molecule has 0 aliphatic carbocycles. The fourth-order valence-corrected chi connectivity index (χ4v) is 3.72. The van der Waals surface area contributed by atoms with E-state index in [2.05, 4.69) is 0 Å². The number of likely N-dealkylation sites (N-methyl/N-ethyl adjacent to an activating group) is 1. The number of hydrogen-bond donors (Lipinski definition) is 1. The predicted octanol–water partition coefficient (Wildman–Crippen LogP) is 1.28. The minimum absolute atomic E-state index is 0.155. The zero-order valence-corrected chi connectivity index (χ0v) is 13.2. The summed E-state index contributed by atoms with van der Waals surface area (Å²) in [4.78, 5) is 2.24. The molecule has 6 heteroatoms. The SMILES string of the molecule is CCCS(=O)(=O)c1ccccc1N(C)CC(N)COC. The van der Waals surface area contributed by atoms with E-state index in [4.69, 9.17) is 10.5 Å². The molecule has 114 valence electrons. The van der Waals surface area contributed by atoms with Crippen molar-refractivity contribution in [3.63, 3.8) is 0 Å². The van der Waals surface area contributed by atoms with Gasteiger partial charge in [-0.15, -0.1) is 0 Å². The molecule has 0 saturated heterocycles. The van der Waals surface area contributed by atoms with Gasteiger partial charge in [0.15, 0.2) is 9.84 Å². The number of methoxy groups -OCH3 is 1. The first-order valence-electron chi connectivity index (χ1n) is 6.69. The molecule has 0 saturated carbocycles. The Labute approximate surface area is 121 Å². The van der Waals surface area contributed by atoms with Gasteiger partial charge in [0.2, 0.25) is 0 Å². The topological polar surface area (TPSA) is 72.6 Å². The van der Waals surface area contributed by atoms with Gasteiger partial charge in [0.25, 0.3) is 0 Å². The molecule has 1 aromatic rings. The van der Waals surface area contributed by atoms with Crippen molar-refractivity contribution in [1.29, 1.82) is 0 Å². The third kappa shape index (κ3) is 4.47. The summed E-state index contributed by atoms with van der Waals surface area (Å²) in [5, 5.41) is 0. The van der Waals surface area contributed by atoms with E-state index in [-0.39, 0.29) is 11.8 Å². The molecule has 0 bridgehead atoms. The monoisotopic (exact) mass is 300 g/mol. The molecule has 20 heavy (non-hydrogen) atoms. The number of nitrogens with zero attached hydrogens (tertiary/aromatic N) is 1. The Bertz CT molecular complexity index is 517. The molecule has 1 aromatic carbocycles. The number of sulfone groups is 1. The Kier molecular flexibility index (Phi) is 6.45. The van der Waals surface area contributed by atoms with Gasteiger partial charge in [-0.25, -0.2) is 8.42 Å². The number of anilines is 1. The van der Waals surface area contributed by atoms with Crippen LogP contribution in [0.5, 0.6) is 0 Å². The maximum Gasteiger partial charge on any atom is 0.180 e. The average Bonchev–Trinajstić information content (AvgIpc) is 2.39. The molecule has 0 aromatic heterocycles. The number of hydrogen-bond acceptors (Lipinski definition) is 5. The van der Waals surface area contributed by atoms with Crippen molar-refractivity contribution in [2.75, 3.05) is 38.0 Å². The molecular weight excluding hydrogens is 276 g/mol. The van der Waals surface area contributed by atoms with Gasteiger partial charge in [-0.05, 0) is 18.6 Å². The van der Waals surface area contributed by atoms with Gasteiger partial charge < -0.3 is 15.4 Å². The van der Waals surface area contributed by atoms with E-state index < -0.39 is 9.84 Å². The molecule has 1 atom stereocenters. The number of para-hydroxylation sites is 1. The molecule has 0 spiro atoms. The summed E-state index contributed by atoms with van der Waals surface area (Å²) in [5.74, 6) is 0.155. The summed E-state index contributed by atoms with van der Waals surface area (Å²) in [6, 6.07) is 6.88. The van der Waals surface area contributed by atoms with E-state index in [0.717, 1.165) is 0 Å². The highest BCUT2D eigenvalue weighted by Crippen LogP contribution is 2.25. The van der Waals surface area contributed by atoms with Crippen molar-refractivity contribution < 1.29 is 13.2 Å². The van der Waals surface area contributed by atoms with Crippen LogP contribution >= 0.6 is 0 Å². The van der Waals surface area contributed by atoms with Gasteiger partial charge in [-0.2, -0.15) is 0 Å². The molecule has 0 aliphatic rings. The molecule has 1 rings (SSSR count). The van der Waals surface area contributed by atoms with Crippen molar-refractivity contribution in [2.24, 2.45) is 5.73 Å². The van der Waals surface area contributed by atoms with Gasteiger partial charge in [0.1, 0.15) is 0 Å². The molecule has 0 radical (unpaired) electrons. The first-order chi connectivity index (χ1) is 9.42. The summed E-state index contributed by atoms with van der Waals surface area (Å²) < 4.78 is 29.6. The fraction of sp³-hybridized carbons (Fsp3) is 0.571. The van der Waals surface area contributed by atoms with Crippen molar-refractivity contribution in [2.45, 2.75) is 24.3 Å². The molecule has 2 N–H and O–H groups in total. The van der Waals surface area contributed by atoms with Crippen LogP contribution < -0.4 is 10.6 Å². The van der Waals surface area contributed by atoms with E-state index in [9.17, 15) is 8.42 Å². The summed E-state index contributed by atoms with van der Waals surface area (Å²) >= 11 is 0. The fourth-order valence-electron chi connectivity index (χ4n) is 2.13. The van der Waals surface area contributed by atoms with Crippen LogP contribution in [0.4, 0.5) is 5.69 Å². The van der Waals surface area contributed by atoms with Crippen LogP contribution in [0.25, 0.3) is 0 Å². The second-order valence-electron chi connectivity index (χ2n) is 4.88. The van der Waals surface area contributed by atoms with Crippen LogP contribution in [-0.4, -0.2) is 47.5 Å². The van der Waals surface area contributed by atoms with Gasteiger partial charge in [-0.3, -0.25) is 0 Å². The van der Waals surface area contributed by atoms with Crippen LogP contribution in [0.15, 0.2) is 29.2 Å². The van der Waals surface area contributed by atoms with E-state index in [0.29, 0.717) is 30.2 Å². The lowest BCUT2D eigenvalue weighted by molar-refractivity contribution is 0.181. The zero-order chi connectivity index (χ0) is 15.2. The minimum atomic E-state index is -3.25. The van der Waals surface area contributed by atoms with Crippen molar-refractivity contribution in [3.8, 4) is 0 Å². The second-order valence-corrected chi connectivity index (χ2v) is 6.96. The summed E-state index contributed by atoms with van der Waals surface area (Å²) in [6.07, 6.45) is 0.601. The lowest BCUT2D eigenvalue weighted by Crippen LogP contribution is -2.38. The Morgan fingerprint density at radius 3 is 2.60 bits per heavy atom. The Morgan fingerprint density at radius 1 is 1.35 bits per heavy atom. The zero-order valence-electron chi connectivity index (χ0n) is 12.4. The van der Waals surface area contributed by atoms with Crippen LogP contribution in [-0.2, 0) is 14.6 Å². The lowest BCUT2D eigenvalue weighted by atomic mass is 10.2. The molecule has 0 heterocycles.